The number of nitrogens with zero attached hydrogens (tertiary/aromatic N) is 4. The van der Waals surface area contributed by atoms with E-state index in [2.05, 4.69) is 25.7 Å². The minimum atomic E-state index is 0.535. The van der Waals surface area contributed by atoms with Gasteiger partial charge in [0.2, 0.25) is 5.95 Å². The van der Waals surface area contributed by atoms with Crippen LogP contribution >= 0.6 is 0 Å². The zero-order chi connectivity index (χ0) is 17.1. The number of hydrogen-bond donors (Lipinski definition) is 2. The molecule has 0 aliphatic heterocycles. The van der Waals surface area contributed by atoms with Crippen LogP contribution in [0.15, 0.2) is 66.9 Å². The van der Waals surface area contributed by atoms with Gasteiger partial charge >= 0.3 is 0 Å². The third kappa shape index (κ3) is 3.01. The lowest BCUT2D eigenvalue weighted by Gasteiger charge is -2.10. The molecule has 0 fully saturated rings. The number of para-hydroxylation sites is 2. The summed E-state index contributed by atoms with van der Waals surface area (Å²) in [7, 11) is 0. The van der Waals surface area contributed by atoms with Gasteiger partial charge < -0.3 is 10.6 Å². The Hall–Kier alpha value is -3.41. The predicted molar refractivity (Wildman–Crippen MR) is 101 cm³/mol. The van der Waals surface area contributed by atoms with E-state index in [0.717, 1.165) is 34.8 Å². The van der Waals surface area contributed by atoms with Gasteiger partial charge in [0.25, 0.3) is 0 Å². The van der Waals surface area contributed by atoms with Crippen molar-refractivity contribution in [2.45, 2.75) is 6.92 Å². The summed E-state index contributed by atoms with van der Waals surface area (Å²) in [6.07, 6.45) is 1.80. The van der Waals surface area contributed by atoms with Crippen molar-refractivity contribution in [3.8, 4) is 5.69 Å². The first kappa shape index (κ1) is 15.1. The molecule has 2 aromatic carbocycles. The van der Waals surface area contributed by atoms with E-state index in [-0.39, 0.29) is 0 Å². The van der Waals surface area contributed by atoms with Crippen LogP contribution in [0.5, 0.6) is 0 Å². The van der Waals surface area contributed by atoms with E-state index in [9.17, 15) is 0 Å². The van der Waals surface area contributed by atoms with Crippen molar-refractivity contribution in [3.05, 3.63) is 66.9 Å². The molecule has 0 amide bonds. The van der Waals surface area contributed by atoms with E-state index in [1.54, 1.807) is 6.20 Å². The van der Waals surface area contributed by atoms with Gasteiger partial charge in [0.1, 0.15) is 5.82 Å². The van der Waals surface area contributed by atoms with Gasteiger partial charge in [-0.25, -0.2) is 4.68 Å². The van der Waals surface area contributed by atoms with Crippen LogP contribution in [0.1, 0.15) is 6.92 Å². The van der Waals surface area contributed by atoms with Crippen molar-refractivity contribution in [2.24, 2.45) is 0 Å². The third-order valence-corrected chi connectivity index (χ3v) is 3.80. The van der Waals surface area contributed by atoms with E-state index < -0.39 is 0 Å². The minimum Gasteiger partial charge on any atom is -0.370 e. The fourth-order valence-corrected chi connectivity index (χ4v) is 2.67. The number of aromatic nitrogens is 4. The molecule has 0 radical (unpaired) electrons. The average molecular weight is 330 g/mol. The summed E-state index contributed by atoms with van der Waals surface area (Å²) in [4.78, 5) is 9.29. The highest BCUT2D eigenvalue weighted by Crippen LogP contribution is 2.25. The molecular formula is C19H18N6. The Bertz CT molecular complexity index is 979. The summed E-state index contributed by atoms with van der Waals surface area (Å²) in [6.45, 7) is 2.81. The molecule has 0 unspecified atom stereocenters. The summed E-state index contributed by atoms with van der Waals surface area (Å²) in [5, 5.41) is 12.0. The topological polar surface area (TPSA) is 67.7 Å². The molecule has 4 aromatic rings. The Morgan fingerprint density at radius 1 is 0.920 bits per heavy atom. The molecule has 4 rings (SSSR count). The van der Waals surface area contributed by atoms with Gasteiger partial charge in [-0.1, -0.05) is 36.4 Å². The second-order valence-corrected chi connectivity index (χ2v) is 5.55. The number of benzene rings is 2. The highest BCUT2D eigenvalue weighted by atomic mass is 15.3. The maximum atomic E-state index is 4.69. The Balaban J connectivity index is 1.84. The molecule has 0 saturated carbocycles. The highest BCUT2D eigenvalue weighted by Gasteiger charge is 2.13. The Morgan fingerprint density at radius 3 is 2.36 bits per heavy atom. The SMILES string of the molecule is CCNc1nc(Nc2ccccc2)nc2c1cnn2-c1ccccc1. The fraction of sp³-hybridized carbons (Fsp3) is 0.105. The van der Waals surface area contributed by atoms with Gasteiger partial charge in [-0.3, -0.25) is 0 Å². The molecule has 0 aliphatic rings. The lowest BCUT2D eigenvalue weighted by atomic mass is 10.3. The van der Waals surface area contributed by atoms with Crippen molar-refractivity contribution in [1.82, 2.24) is 19.7 Å². The van der Waals surface area contributed by atoms with Crippen LogP contribution in [0.3, 0.4) is 0 Å². The normalized spacial score (nSPS) is 10.8. The molecular weight excluding hydrogens is 312 g/mol. The first-order chi connectivity index (χ1) is 12.3. The van der Waals surface area contributed by atoms with Gasteiger partial charge in [-0.2, -0.15) is 15.1 Å². The van der Waals surface area contributed by atoms with E-state index >= 15 is 0 Å². The summed E-state index contributed by atoms with van der Waals surface area (Å²) >= 11 is 0. The molecule has 124 valence electrons. The second kappa shape index (κ2) is 6.60. The summed E-state index contributed by atoms with van der Waals surface area (Å²) in [5.41, 5.74) is 2.66. The van der Waals surface area contributed by atoms with E-state index in [1.807, 2.05) is 72.3 Å². The summed E-state index contributed by atoms with van der Waals surface area (Å²) in [6, 6.07) is 19.8. The van der Waals surface area contributed by atoms with Crippen LogP contribution in [0.2, 0.25) is 0 Å². The first-order valence-electron chi connectivity index (χ1n) is 8.22. The van der Waals surface area contributed by atoms with Crippen LogP contribution in [0.25, 0.3) is 16.7 Å². The van der Waals surface area contributed by atoms with Gasteiger partial charge in [-0.05, 0) is 31.2 Å². The average Bonchev–Trinajstić information content (AvgIpc) is 3.08. The van der Waals surface area contributed by atoms with Crippen molar-refractivity contribution < 1.29 is 0 Å². The number of nitrogens with one attached hydrogen (secondary N) is 2. The molecule has 2 heterocycles. The number of fused-ring (bicyclic) bond motifs is 1. The van der Waals surface area contributed by atoms with Gasteiger partial charge in [0.05, 0.1) is 17.3 Å². The summed E-state index contributed by atoms with van der Waals surface area (Å²) in [5.74, 6) is 1.31. The van der Waals surface area contributed by atoms with Crippen molar-refractivity contribution in [3.63, 3.8) is 0 Å². The molecule has 6 heteroatoms. The van der Waals surface area contributed by atoms with Crippen molar-refractivity contribution >= 4 is 28.5 Å². The maximum absolute atomic E-state index is 4.69. The number of anilines is 3. The molecule has 0 spiro atoms. The Kier molecular flexibility index (Phi) is 4.00. The van der Waals surface area contributed by atoms with E-state index in [0.29, 0.717) is 5.95 Å². The monoisotopic (exact) mass is 330 g/mol. The molecule has 0 aliphatic carbocycles. The molecule has 2 aromatic heterocycles. The molecule has 0 bridgehead atoms. The largest absolute Gasteiger partial charge is 0.370 e. The van der Waals surface area contributed by atoms with Crippen molar-refractivity contribution in [1.29, 1.82) is 0 Å². The standard InChI is InChI=1S/C19H18N6/c1-2-20-17-16-13-21-25(15-11-7-4-8-12-15)18(16)24-19(23-17)22-14-9-5-3-6-10-14/h3-13H,2H2,1H3,(H2,20,22,23,24). The quantitative estimate of drug-likeness (QED) is 0.579. The van der Waals surface area contributed by atoms with Gasteiger partial charge in [0, 0.05) is 12.2 Å². The van der Waals surface area contributed by atoms with Crippen LogP contribution in [-0.2, 0) is 0 Å². The zero-order valence-corrected chi connectivity index (χ0v) is 13.8. The second-order valence-electron chi connectivity index (χ2n) is 5.55. The number of hydrogen-bond acceptors (Lipinski definition) is 5. The Morgan fingerprint density at radius 2 is 1.64 bits per heavy atom. The smallest absolute Gasteiger partial charge is 0.231 e. The van der Waals surface area contributed by atoms with Crippen LogP contribution in [0.4, 0.5) is 17.5 Å². The molecule has 0 saturated heterocycles. The minimum absolute atomic E-state index is 0.535. The van der Waals surface area contributed by atoms with Crippen LogP contribution in [-0.4, -0.2) is 26.3 Å². The van der Waals surface area contributed by atoms with Gasteiger partial charge in [0.15, 0.2) is 5.65 Å². The van der Waals surface area contributed by atoms with Crippen molar-refractivity contribution in [2.75, 3.05) is 17.2 Å². The predicted octanol–water partition coefficient (Wildman–Crippen LogP) is 3.99. The summed E-state index contributed by atoms with van der Waals surface area (Å²) < 4.78 is 1.83. The zero-order valence-electron chi connectivity index (χ0n) is 13.8. The first-order valence-corrected chi connectivity index (χ1v) is 8.22. The maximum Gasteiger partial charge on any atom is 0.231 e. The number of rotatable bonds is 5. The third-order valence-electron chi connectivity index (χ3n) is 3.80. The van der Waals surface area contributed by atoms with E-state index in [4.69, 9.17) is 0 Å². The molecule has 25 heavy (non-hydrogen) atoms. The molecule has 0 atom stereocenters. The lowest BCUT2D eigenvalue weighted by Crippen LogP contribution is -2.06. The molecule has 6 nitrogen and oxygen atoms in total. The Labute approximate surface area is 145 Å². The van der Waals surface area contributed by atoms with Gasteiger partial charge in [-0.15, -0.1) is 0 Å². The highest BCUT2D eigenvalue weighted by molar-refractivity contribution is 5.88. The lowest BCUT2D eigenvalue weighted by molar-refractivity contribution is 0.896. The van der Waals surface area contributed by atoms with E-state index in [1.165, 1.54) is 0 Å². The van der Waals surface area contributed by atoms with Crippen LogP contribution in [0, 0.1) is 0 Å². The molecule has 2 N–H and O–H groups in total. The van der Waals surface area contributed by atoms with Crippen LogP contribution < -0.4 is 10.6 Å². The fourth-order valence-electron chi connectivity index (χ4n) is 2.67.